The van der Waals surface area contributed by atoms with Crippen LogP contribution in [0.2, 0.25) is 0 Å². The maximum absolute atomic E-state index is 11.4. The molecule has 0 saturated carbocycles. The van der Waals surface area contributed by atoms with E-state index in [0.717, 1.165) is 0 Å². The summed E-state index contributed by atoms with van der Waals surface area (Å²) >= 11 is 0. The molecule has 0 aromatic rings. The third-order valence-corrected chi connectivity index (χ3v) is 2.35. The lowest BCUT2D eigenvalue weighted by molar-refractivity contribution is -0.158. The summed E-state index contributed by atoms with van der Waals surface area (Å²) in [5.41, 5.74) is 0. The fourth-order valence-electron chi connectivity index (χ4n) is 1.42. The smallest absolute Gasteiger partial charge is 0.312 e. The topological polar surface area (TPSA) is 57.7 Å². The summed E-state index contributed by atoms with van der Waals surface area (Å²) in [6, 6.07) is -0.0282. The zero-order valence-corrected chi connectivity index (χ0v) is 8.61. The SMILES string of the molecule is CC(=O)CN1CC(C)N(C)C(=O)C1=O. The average Bonchev–Trinajstić information content (AvgIpc) is 2.10. The number of piperazine rings is 1. The molecule has 1 aliphatic heterocycles. The van der Waals surface area contributed by atoms with Crippen LogP contribution in [-0.2, 0) is 14.4 Å². The Hall–Kier alpha value is -1.39. The molecule has 0 aliphatic carbocycles. The zero-order chi connectivity index (χ0) is 10.9. The molecule has 0 aromatic carbocycles. The number of hydrogen-bond donors (Lipinski definition) is 0. The molecular formula is C9H14N2O3. The van der Waals surface area contributed by atoms with Crippen molar-refractivity contribution in [2.75, 3.05) is 20.1 Å². The van der Waals surface area contributed by atoms with E-state index >= 15 is 0 Å². The summed E-state index contributed by atoms with van der Waals surface area (Å²) < 4.78 is 0. The van der Waals surface area contributed by atoms with Crippen molar-refractivity contribution < 1.29 is 14.4 Å². The first-order chi connectivity index (χ1) is 6.43. The molecule has 78 valence electrons. The minimum absolute atomic E-state index is 0.0282. The van der Waals surface area contributed by atoms with Crippen molar-refractivity contribution in [3.8, 4) is 0 Å². The largest absolute Gasteiger partial charge is 0.333 e. The highest BCUT2D eigenvalue weighted by Crippen LogP contribution is 2.09. The second-order valence-electron chi connectivity index (χ2n) is 3.65. The summed E-state index contributed by atoms with van der Waals surface area (Å²) in [7, 11) is 1.59. The van der Waals surface area contributed by atoms with Crippen molar-refractivity contribution in [3.63, 3.8) is 0 Å². The first kappa shape index (κ1) is 10.7. The van der Waals surface area contributed by atoms with Crippen molar-refractivity contribution in [1.29, 1.82) is 0 Å². The Balaban J connectivity index is 2.75. The van der Waals surface area contributed by atoms with Gasteiger partial charge in [-0.3, -0.25) is 14.4 Å². The minimum atomic E-state index is -0.583. The highest BCUT2D eigenvalue weighted by Gasteiger charge is 2.34. The van der Waals surface area contributed by atoms with Crippen LogP contribution in [-0.4, -0.2) is 53.6 Å². The van der Waals surface area contributed by atoms with Gasteiger partial charge in [0, 0.05) is 19.6 Å². The molecule has 0 aromatic heterocycles. The van der Waals surface area contributed by atoms with Crippen LogP contribution >= 0.6 is 0 Å². The van der Waals surface area contributed by atoms with Crippen molar-refractivity contribution in [3.05, 3.63) is 0 Å². The average molecular weight is 198 g/mol. The van der Waals surface area contributed by atoms with E-state index < -0.39 is 11.8 Å². The van der Waals surface area contributed by atoms with Gasteiger partial charge in [0.25, 0.3) is 0 Å². The van der Waals surface area contributed by atoms with Crippen LogP contribution in [0.4, 0.5) is 0 Å². The Morgan fingerprint density at radius 1 is 1.43 bits per heavy atom. The highest BCUT2D eigenvalue weighted by atomic mass is 16.2. The van der Waals surface area contributed by atoms with Gasteiger partial charge in [-0.25, -0.2) is 0 Å². The summed E-state index contributed by atoms with van der Waals surface area (Å²) in [6.45, 7) is 3.71. The van der Waals surface area contributed by atoms with Crippen LogP contribution in [0.15, 0.2) is 0 Å². The standard InChI is InChI=1S/C9H14N2O3/c1-6-4-11(5-7(2)12)9(14)8(13)10(6)3/h6H,4-5H2,1-3H3. The number of Topliss-reactive ketones (excluding diaryl/α,β-unsaturated/α-hetero) is 1. The molecule has 5 nitrogen and oxygen atoms in total. The van der Waals surface area contributed by atoms with Crippen molar-refractivity contribution >= 4 is 17.6 Å². The van der Waals surface area contributed by atoms with Gasteiger partial charge in [0.15, 0.2) is 0 Å². The summed E-state index contributed by atoms with van der Waals surface area (Å²) in [5.74, 6) is -1.23. The second kappa shape index (κ2) is 3.77. The Kier molecular flexibility index (Phi) is 2.88. The molecule has 1 fully saturated rings. The van der Waals surface area contributed by atoms with Crippen molar-refractivity contribution in [2.24, 2.45) is 0 Å². The van der Waals surface area contributed by atoms with Gasteiger partial charge >= 0.3 is 11.8 Å². The molecule has 0 radical (unpaired) electrons. The normalized spacial score (nSPS) is 22.9. The van der Waals surface area contributed by atoms with Gasteiger partial charge in [0.2, 0.25) is 0 Å². The number of amides is 2. The van der Waals surface area contributed by atoms with Crippen LogP contribution in [0, 0.1) is 0 Å². The first-order valence-corrected chi connectivity index (χ1v) is 4.49. The molecule has 5 heteroatoms. The fraction of sp³-hybridized carbons (Fsp3) is 0.667. The number of ketones is 1. The van der Waals surface area contributed by atoms with E-state index in [-0.39, 0.29) is 18.4 Å². The summed E-state index contributed by atoms with van der Waals surface area (Å²) in [4.78, 5) is 36.3. The molecule has 1 heterocycles. The molecule has 1 saturated heterocycles. The number of hydrogen-bond acceptors (Lipinski definition) is 3. The molecule has 1 atom stereocenters. The second-order valence-corrected chi connectivity index (χ2v) is 3.65. The van der Waals surface area contributed by atoms with Gasteiger partial charge in [-0.05, 0) is 13.8 Å². The number of likely N-dealkylation sites (N-methyl/N-ethyl adjacent to an activating group) is 1. The predicted octanol–water partition coefficient (Wildman–Crippen LogP) is -0.735. The lowest BCUT2D eigenvalue weighted by atomic mass is 10.2. The monoisotopic (exact) mass is 198 g/mol. The van der Waals surface area contributed by atoms with Crippen LogP contribution in [0.5, 0.6) is 0 Å². The molecular weight excluding hydrogens is 184 g/mol. The molecule has 1 aliphatic rings. The van der Waals surface area contributed by atoms with Gasteiger partial charge in [-0.1, -0.05) is 0 Å². The third-order valence-electron chi connectivity index (χ3n) is 2.35. The number of carbonyl (C=O) groups is 3. The van der Waals surface area contributed by atoms with Crippen LogP contribution in [0.3, 0.4) is 0 Å². The molecule has 1 rings (SSSR count). The fourth-order valence-corrected chi connectivity index (χ4v) is 1.42. The Labute approximate surface area is 82.7 Å². The van der Waals surface area contributed by atoms with E-state index in [1.807, 2.05) is 6.92 Å². The van der Waals surface area contributed by atoms with Crippen molar-refractivity contribution in [1.82, 2.24) is 9.80 Å². The Bertz CT molecular complexity index is 288. The summed E-state index contributed by atoms with van der Waals surface area (Å²) in [6.07, 6.45) is 0. The minimum Gasteiger partial charge on any atom is -0.333 e. The van der Waals surface area contributed by atoms with E-state index in [1.165, 1.54) is 16.7 Å². The Morgan fingerprint density at radius 3 is 2.50 bits per heavy atom. The number of carbonyl (C=O) groups excluding carboxylic acids is 3. The quantitative estimate of drug-likeness (QED) is 0.549. The zero-order valence-electron chi connectivity index (χ0n) is 8.61. The van der Waals surface area contributed by atoms with Crippen LogP contribution < -0.4 is 0 Å². The Morgan fingerprint density at radius 2 is 2.00 bits per heavy atom. The van der Waals surface area contributed by atoms with Gasteiger partial charge in [-0.2, -0.15) is 0 Å². The van der Waals surface area contributed by atoms with Gasteiger partial charge in [0.05, 0.1) is 6.54 Å². The van der Waals surface area contributed by atoms with E-state index in [2.05, 4.69) is 0 Å². The van der Waals surface area contributed by atoms with E-state index in [9.17, 15) is 14.4 Å². The van der Waals surface area contributed by atoms with Crippen LogP contribution in [0.1, 0.15) is 13.8 Å². The predicted molar refractivity (Wildman–Crippen MR) is 49.5 cm³/mol. The molecule has 0 spiro atoms. The highest BCUT2D eigenvalue weighted by molar-refractivity contribution is 6.35. The molecule has 0 bridgehead atoms. The molecule has 2 amide bonds. The molecule has 0 N–H and O–H groups in total. The van der Waals surface area contributed by atoms with Gasteiger partial charge < -0.3 is 9.80 Å². The van der Waals surface area contributed by atoms with E-state index in [0.29, 0.717) is 6.54 Å². The molecule has 14 heavy (non-hydrogen) atoms. The first-order valence-electron chi connectivity index (χ1n) is 4.49. The third kappa shape index (κ3) is 1.92. The van der Waals surface area contributed by atoms with Gasteiger partial charge in [0.1, 0.15) is 5.78 Å². The lowest BCUT2D eigenvalue weighted by Crippen LogP contribution is -2.57. The lowest BCUT2D eigenvalue weighted by Gasteiger charge is -2.36. The van der Waals surface area contributed by atoms with Crippen LogP contribution in [0.25, 0.3) is 0 Å². The van der Waals surface area contributed by atoms with E-state index in [4.69, 9.17) is 0 Å². The summed E-state index contributed by atoms with van der Waals surface area (Å²) in [5, 5.41) is 0. The maximum Gasteiger partial charge on any atom is 0.312 e. The number of nitrogens with zero attached hydrogens (tertiary/aromatic N) is 2. The molecule has 1 unspecified atom stereocenters. The maximum atomic E-state index is 11.4. The van der Waals surface area contributed by atoms with Crippen molar-refractivity contribution in [2.45, 2.75) is 19.9 Å². The van der Waals surface area contributed by atoms with E-state index in [1.54, 1.807) is 7.05 Å². The van der Waals surface area contributed by atoms with Gasteiger partial charge in [-0.15, -0.1) is 0 Å². The number of rotatable bonds is 2.